The van der Waals surface area contributed by atoms with Gasteiger partial charge in [0.1, 0.15) is 0 Å². The summed E-state index contributed by atoms with van der Waals surface area (Å²) in [5.41, 5.74) is -14.0. The summed E-state index contributed by atoms with van der Waals surface area (Å²) in [7, 11) is -15.2. The van der Waals surface area contributed by atoms with E-state index in [4.69, 9.17) is 0 Å². The van der Waals surface area contributed by atoms with Crippen LogP contribution in [0.1, 0.15) is 0 Å². The van der Waals surface area contributed by atoms with Crippen LogP contribution in [0.3, 0.4) is 0 Å². The summed E-state index contributed by atoms with van der Waals surface area (Å²) in [4.78, 5) is 0. The van der Waals surface area contributed by atoms with Gasteiger partial charge < -0.3 is 4.74 Å². The van der Waals surface area contributed by atoms with Crippen LogP contribution in [0.4, 0.5) is 61.5 Å². The largest absolute Gasteiger partial charge is 0.512 e. The van der Waals surface area contributed by atoms with Crippen molar-refractivity contribution in [2.45, 2.75) is 29.1 Å². The summed E-state index contributed by atoms with van der Waals surface area (Å²) in [5, 5.41) is 0. The number of halogens is 14. The number of rotatable bonds is 8. The third-order valence-corrected chi connectivity index (χ3v) is 5.28. The predicted molar refractivity (Wildman–Crippen MR) is 59.3 cm³/mol. The normalized spacial score (nSPS) is 16.7. The van der Waals surface area contributed by atoms with Crippen LogP contribution >= 0.6 is 0 Å². The maximum absolute atomic E-state index is 13.6. The van der Waals surface area contributed by atoms with Crippen molar-refractivity contribution in [2.24, 2.45) is 0 Å². The van der Waals surface area contributed by atoms with Gasteiger partial charge in [0.15, 0.2) is 0 Å². The summed E-state index contributed by atoms with van der Waals surface area (Å²) in [6, 6.07) is -4.00. The van der Waals surface area contributed by atoms with Gasteiger partial charge in [0.25, 0.3) is 0 Å². The van der Waals surface area contributed by atoms with Crippen molar-refractivity contribution in [3.63, 3.8) is 0 Å². The average Bonchev–Trinajstić information content (AvgIpc) is 2.41. The molecule has 0 aromatic carbocycles. The molecule has 0 spiro atoms. The summed E-state index contributed by atoms with van der Waals surface area (Å²) in [6.45, 7) is 0. The summed E-state index contributed by atoms with van der Waals surface area (Å²) in [6.07, 6.45) is -18.9. The zero-order valence-corrected chi connectivity index (χ0v) is 14.2. The van der Waals surface area contributed by atoms with Crippen LogP contribution in [-0.2, 0) is 29.5 Å². The highest BCUT2D eigenvalue weighted by atomic mass is 32.3. The average molecular weight is 525 g/mol. The Morgan fingerprint density at radius 2 is 1.10 bits per heavy atom. The van der Waals surface area contributed by atoms with E-state index in [1.807, 2.05) is 4.74 Å². The fourth-order valence-electron chi connectivity index (χ4n) is 0.958. The molecular weight excluding hydrogens is 524 g/mol. The number of ether oxygens (including phenoxy) is 2. The van der Waals surface area contributed by atoms with Crippen LogP contribution in [-0.4, -0.2) is 45.9 Å². The molecule has 1 unspecified atom stereocenters. The van der Waals surface area contributed by atoms with Crippen molar-refractivity contribution in [2.75, 3.05) is 0 Å². The molecule has 1 N–H and O–H groups in total. The Hall–Kier alpha value is -1.62. The lowest BCUT2D eigenvalue weighted by Crippen LogP contribution is -2.63. The van der Waals surface area contributed by atoms with Gasteiger partial charge in [0, 0.05) is 0 Å². The zero-order valence-electron chi connectivity index (χ0n) is 12.6. The predicted octanol–water partition coefficient (Wildman–Crippen LogP) is 3.19. The third kappa shape index (κ3) is 5.54. The Morgan fingerprint density at radius 3 is 1.40 bits per heavy atom. The van der Waals surface area contributed by atoms with Crippen LogP contribution < -0.4 is 4.13 Å². The van der Waals surface area contributed by atoms with E-state index in [0.29, 0.717) is 0 Å². The standard InChI is InChI=1S/C7HF14NO6S2/c8-1(9)2(10)27-5(15,16)3(11,4(12,13)14)28-7(20,21)30(25,26)22-29(23,24)6(17,18)19/h22H. The highest BCUT2D eigenvalue weighted by Gasteiger charge is 2.80. The Labute approximate surface area is 154 Å². The molecule has 1 atom stereocenters. The monoisotopic (exact) mass is 525 g/mol. The van der Waals surface area contributed by atoms with E-state index in [1.165, 1.54) is 0 Å². The number of nitrogens with one attached hydrogen (secondary N) is 1. The Bertz CT molecular complexity index is 885. The molecule has 0 saturated carbocycles. The molecule has 180 valence electrons. The molecule has 0 aliphatic carbocycles. The fourth-order valence-corrected chi connectivity index (χ4v) is 3.10. The molecule has 0 heterocycles. The van der Waals surface area contributed by atoms with Crippen LogP contribution in [0.5, 0.6) is 0 Å². The van der Waals surface area contributed by atoms with Crippen LogP contribution in [0.2, 0.25) is 0 Å². The molecule has 0 aliphatic rings. The van der Waals surface area contributed by atoms with Crippen molar-refractivity contribution in [3.05, 3.63) is 12.1 Å². The molecular formula is C7HF14NO6S2. The second-order valence-corrected chi connectivity index (χ2v) is 7.97. The van der Waals surface area contributed by atoms with E-state index >= 15 is 0 Å². The highest BCUT2D eigenvalue weighted by Crippen LogP contribution is 2.51. The first-order chi connectivity index (χ1) is 12.7. The lowest BCUT2D eigenvalue weighted by atomic mass is 10.2. The Morgan fingerprint density at radius 1 is 0.700 bits per heavy atom. The van der Waals surface area contributed by atoms with Gasteiger partial charge in [-0.15, -0.1) is 0 Å². The molecule has 0 amide bonds. The van der Waals surface area contributed by atoms with Crippen molar-refractivity contribution in [3.8, 4) is 0 Å². The maximum atomic E-state index is 13.6. The van der Waals surface area contributed by atoms with E-state index in [0.717, 1.165) is 0 Å². The van der Waals surface area contributed by atoms with E-state index in [1.54, 1.807) is 4.74 Å². The zero-order chi connectivity index (χ0) is 24.8. The van der Waals surface area contributed by atoms with Gasteiger partial charge in [0.05, 0.1) is 0 Å². The number of sulfonamides is 2. The molecule has 0 fully saturated rings. The van der Waals surface area contributed by atoms with Crippen LogP contribution in [0, 0.1) is 0 Å². The molecule has 0 aromatic rings. The van der Waals surface area contributed by atoms with Gasteiger partial charge in [0.2, 0.25) is 0 Å². The first-order valence-electron chi connectivity index (χ1n) is 5.70. The maximum Gasteiger partial charge on any atom is 0.512 e. The molecule has 0 rings (SSSR count). The second-order valence-electron chi connectivity index (χ2n) is 4.35. The Balaban J connectivity index is 6.42. The third-order valence-electron chi connectivity index (χ3n) is 2.20. The van der Waals surface area contributed by atoms with Gasteiger partial charge in [-0.1, -0.05) is 4.13 Å². The van der Waals surface area contributed by atoms with Crippen molar-refractivity contribution < 1.29 is 87.8 Å². The number of alkyl halides is 11. The quantitative estimate of drug-likeness (QED) is 0.386. The minimum absolute atomic E-state index is 0.981. The molecule has 0 saturated heterocycles. The molecule has 30 heavy (non-hydrogen) atoms. The van der Waals surface area contributed by atoms with E-state index in [-0.39, 0.29) is 0 Å². The smallest absolute Gasteiger partial charge is 0.398 e. The van der Waals surface area contributed by atoms with E-state index in [2.05, 4.69) is 0 Å². The molecule has 0 radical (unpaired) electrons. The highest BCUT2D eigenvalue weighted by molar-refractivity contribution is 8.05. The molecule has 23 heteroatoms. The van der Waals surface area contributed by atoms with Gasteiger partial charge in [-0.05, 0) is 0 Å². The molecule has 0 bridgehead atoms. The number of hydrogen-bond acceptors (Lipinski definition) is 6. The summed E-state index contributed by atoms with van der Waals surface area (Å²) in [5.74, 6) is -7.56. The van der Waals surface area contributed by atoms with Gasteiger partial charge in [-0.3, -0.25) is 4.74 Å². The minimum atomic E-state index is -7.80. The topological polar surface area (TPSA) is 98.8 Å². The van der Waals surface area contributed by atoms with Crippen molar-refractivity contribution in [1.82, 2.24) is 4.13 Å². The molecule has 0 aliphatic heterocycles. The minimum Gasteiger partial charge on any atom is -0.398 e. The first kappa shape index (κ1) is 28.4. The van der Waals surface area contributed by atoms with Crippen LogP contribution in [0.15, 0.2) is 12.1 Å². The number of hydrogen-bond donors (Lipinski definition) is 1. The van der Waals surface area contributed by atoms with E-state index < -0.39 is 65.4 Å². The lowest BCUT2D eigenvalue weighted by Gasteiger charge is -2.34. The SMILES string of the molecule is O=S(=O)(NS(=O)(=O)C(F)(F)OC(F)(C(F)(F)F)C(F)(F)OC(F)=C(F)F)C(F)(F)F. The van der Waals surface area contributed by atoms with Gasteiger partial charge in [-0.2, -0.15) is 61.5 Å². The summed E-state index contributed by atoms with van der Waals surface area (Å²) >= 11 is 0. The summed E-state index contributed by atoms with van der Waals surface area (Å²) < 4.78 is 221. The molecule has 7 nitrogen and oxygen atoms in total. The van der Waals surface area contributed by atoms with Crippen LogP contribution in [0.25, 0.3) is 0 Å². The Kier molecular flexibility index (Phi) is 7.39. The molecule has 0 aromatic heterocycles. The van der Waals surface area contributed by atoms with Crippen molar-refractivity contribution >= 4 is 20.0 Å². The van der Waals surface area contributed by atoms with Crippen molar-refractivity contribution in [1.29, 1.82) is 0 Å². The van der Waals surface area contributed by atoms with Gasteiger partial charge >= 0.3 is 61.2 Å². The fraction of sp³-hybridized carbons (Fsp3) is 0.714. The van der Waals surface area contributed by atoms with Gasteiger partial charge in [-0.25, -0.2) is 16.8 Å². The second kappa shape index (κ2) is 7.81. The first-order valence-corrected chi connectivity index (χ1v) is 8.66. The van der Waals surface area contributed by atoms with E-state index in [9.17, 15) is 78.3 Å². The lowest BCUT2D eigenvalue weighted by molar-refractivity contribution is -0.484.